The third kappa shape index (κ3) is 0.895. The van der Waals surface area contributed by atoms with Gasteiger partial charge in [0.1, 0.15) is 11.5 Å². The summed E-state index contributed by atoms with van der Waals surface area (Å²) in [5, 5.41) is 8.97. The fourth-order valence-corrected chi connectivity index (χ4v) is 1.96. The zero-order valence-electron chi connectivity index (χ0n) is 7.65. The summed E-state index contributed by atoms with van der Waals surface area (Å²) in [6.45, 7) is 3.47. The Morgan fingerprint density at radius 3 is 2.92 bits per heavy atom. The van der Waals surface area contributed by atoms with Crippen molar-refractivity contribution in [2.75, 3.05) is 0 Å². The molecular weight excluding hydrogens is 166 g/mol. The Morgan fingerprint density at radius 2 is 2.31 bits per heavy atom. The van der Waals surface area contributed by atoms with E-state index in [1.165, 1.54) is 0 Å². The largest absolute Gasteiger partial charge is 0.364 e. The smallest absolute Gasteiger partial charge is 0.161 e. The third-order valence-corrected chi connectivity index (χ3v) is 3.00. The number of nitriles is 1. The second-order valence-corrected chi connectivity index (χ2v) is 3.87. The summed E-state index contributed by atoms with van der Waals surface area (Å²) >= 11 is 0. The van der Waals surface area contributed by atoms with Crippen molar-refractivity contribution in [1.82, 2.24) is 0 Å². The highest BCUT2D eigenvalue weighted by Gasteiger charge is 2.52. The second kappa shape index (κ2) is 2.43. The molecule has 0 aromatic heterocycles. The van der Waals surface area contributed by atoms with E-state index in [4.69, 9.17) is 10.00 Å². The van der Waals surface area contributed by atoms with E-state index in [1.54, 1.807) is 6.92 Å². The summed E-state index contributed by atoms with van der Waals surface area (Å²) in [5.41, 5.74) is -0.983. The van der Waals surface area contributed by atoms with Gasteiger partial charge in [-0.25, -0.2) is 0 Å². The highest BCUT2D eigenvalue weighted by molar-refractivity contribution is 5.91. The van der Waals surface area contributed by atoms with Crippen LogP contribution in [0.2, 0.25) is 0 Å². The van der Waals surface area contributed by atoms with Crippen molar-refractivity contribution in [3.05, 3.63) is 12.2 Å². The maximum Gasteiger partial charge on any atom is 0.161 e. The number of ketones is 1. The van der Waals surface area contributed by atoms with E-state index >= 15 is 0 Å². The number of ether oxygens (including phenoxy) is 1. The second-order valence-electron chi connectivity index (χ2n) is 3.87. The van der Waals surface area contributed by atoms with E-state index in [9.17, 15) is 4.79 Å². The Bertz CT molecular complexity index is 328. The van der Waals surface area contributed by atoms with Gasteiger partial charge in [0.25, 0.3) is 0 Å². The highest BCUT2D eigenvalue weighted by atomic mass is 16.5. The van der Waals surface area contributed by atoms with Gasteiger partial charge in [0.05, 0.1) is 12.2 Å². The van der Waals surface area contributed by atoms with E-state index in [0.717, 1.165) is 0 Å². The van der Waals surface area contributed by atoms with Crippen LogP contribution in [-0.4, -0.2) is 18.0 Å². The Balaban J connectivity index is 2.45. The lowest BCUT2D eigenvalue weighted by Crippen LogP contribution is -2.49. The van der Waals surface area contributed by atoms with Crippen molar-refractivity contribution < 1.29 is 9.53 Å². The number of hydrogen-bond donors (Lipinski definition) is 0. The number of hydrogen-bond acceptors (Lipinski definition) is 3. The van der Waals surface area contributed by atoms with E-state index in [-0.39, 0.29) is 23.9 Å². The summed E-state index contributed by atoms with van der Waals surface area (Å²) < 4.78 is 5.53. The van der Waals surface area contributed by atoms with Crippen LogP contribution in [0.25, 0.3) is 0 Å². The maximum absolute atomic E-state index is 11.8. The van der Waals surface area contributed by atoms with Gasteiger partial charge in [-0.1, -0.05) is 19.1 Å². The van der Waals surface area contributed by atoms with E-state index in [2.05, 4.69) is 6.07 Å². The van der Waals surface area contributed by atoms with Crippen LogP contribution in [-0.2, 0) is 9.53 Å². The Labute approximate surface area is 77.0 Å². The molecule has 13 heavy (non-hydrogen) atoms. The third-order valence-electron chi connectivity index (χ3n) is 3.00. The number of carbonyl (C=O) groups excluding carboxylic acids is 1. The first-order valence-corrected chi connectivity index (χ1v) is 4.39. The van der Waals surface area contributed by atoms with Crippen LogP contribution >= 0.6 is 0 Å². The topological polar surface area (TPSA) is 50.1 Å². The fraction of sp³-hybridized carbons (Fsp3) is 0.600. The molecule has 2 bridgehead atoms. The molecule has 2 rings (SSSR count). The van der Waals surface area contributed by atoms with Crippen LogP contribution in [0.5, 0.6) is 0 Å². The molecule has 3 nitrogen and oxygen atoms in total. The van der Waals surface area contributed by atoms with Crippen molar-refractivity contribution in [3.63, 3.8) is 0 Å². The lowest BCUT2D eigenvalue weighted by molar-refractivity contribution is -0.149. The Morgan fingerprint density at radius 1 is 1.62 bits per heavy atom. The van der Waals surface area contributed by atoms with E-state index in [0.29, 0.717) is 0 Å². The first kappa shape index (κ1) is 8.46. The van der Waals surface area contributed by atoms with Gasteiger partial charge in [-0.3, -0.25) is 4.79 Å². The van der Waals surface area contributed by atoms with Crippen molar-refractivity contribution in [2.24, 2.45) is 11.3 Å². The van der Waals surface area contributed by atoms with Gasteiger partial charge in [-0.2, -0.15) is 5.26 Å². The monoisotopic (exact) mass is 177 g/mol. The lowest BCUT2D eigenvalue weighted by atomic mass is 9.75. The molecule has 0 aromatic carbocycles. The molecule has 4 unspecified atom stereocenters. The quantitative estimate of drug-likeness (QED) is 0.520. The molecule has 0 aromatic rings. The first-order chi connectivity index (χ1) is 6.09. The minimum atomic E-state index is -0.983. The van der Waals surface area contributed by atoms with Crippen LogP contribution in [0.4, 0.5) is 0 Å². The summed E-state index contributed by atoms with van der Waals surface area (Å²) in [6, 6.07) is 2.06. The van der Waals surface area contributed by atoms with Gasteiger partial charge in [0.2, 0.25) is 0 Å². The van der Waals surface area contributed by atoms with Crippen molar-refractivity contribution in [3.8, 4) is 6.07 Å². The van der Waals surface area contributed by atoms with Gasteiger partial charge in [-0.05, 0) is 6.92 Å². The predicted molar refractivity (Wildman–Crippen MR) is 45.7 cm³/mol. The molecule has 68 valence electrons. The Kier molecular flexibility index (Phi) is 1.58. The molecule has 3 heteroatoms. The molecule has 0 radical (unpaired) electrons. The SMILES string of the molecule is CC1C(=O)C(C)(C#N)C2C=CC1O2. The molecule has 0 aliphatic carbocycles. The van der Waals surface area contributed by atoms with E-state index < -0.39 is 5.41 Å². The zero-order valence-corrected chi connectivity index (χ0v) is 7.65. The number of fused-ring (bicyclic) bond motifs is 2. The van der Waals surface area contributed by atoms with Crippen LogP contribution < -0.4 is 0 Å². The summed E-state index contributed by atoms with van der Waals surface area (Å²) in [5.74, 6) is -0.194. The van der Waals surface area contributed by atoms with Crippen molar-refractivity contribution in [2.45, 2.75) is 26.1 Å². The molecule has 4 atom stereocenters. The molecule has 0 N–H and O–H groups in total. The predicted octanol–water partition coefficient (Wildman–Crippen LogP) is 1.06. The fourth-order valence-electron chi connectivity index (χ4n) is 1.96. The molecule has 2 heterocycles. The average molecular weight is 177 g/mol. The summed E-state index contributed by atoms with van der Waals surface area (Å²) in [6.07, 6.45) is 3.26. The summed E-state index contributed by atoms with van der Waals surface area (Å²) in [4.78, 5) is 11.8. The molecule has 0 saturated carbocycles. The molecule has 2 aliphatic heterocycles. The van der Waals surface area contributed by atoms with Crippen molar-refractivity contribution >= 4 is 5.78 Å². The molecule has 0 spiro atoms. The molecule has 2 aliphatic rings. The van der Waals surface area contributed by atoms with Gasteiger partial charge in [-0.15, -0.1) is 0 Å². The van der Waals surface area contributed by atoms with Crippen molar-refractivity contribution in [1.29, 1.82) is 5.26 Å². The highest BCUT2D eigenvalue weighted by Crippen LogP contribution is 2.40. The van der Waals surface area contributed by atoms with Crippen LogP contribution in [0.3, 0.4) is 0 Å². The number of rotatable bonds is 0. The minimum Gasteiger partial charge on any atom is -0.364 e. The van der Waals surface area contributed by atoms with E-state index in [1.807, 2.05) is 19.1 Å². The average Bonchev–Trinajstić information content (AvgIpc) is 2.59. The lowest BCUT2D eigenvalue weighted by Gasteiger charge is -2.35. The molecule has 1 saturated heterocycles. The number of Topliss-reactive ketones (excluding diaryl/α,β-unsaturated/α-hetero) is 1. The Hall–Kier alpha value is -1.14. The van der Waals surface area contributed by atoms with Crippen LogP contribution in [0, 0.1) is 22.7 Å². The standard InChI is InChI=1S/C10H11NO2/c1-6-7-3-4-8(13-7)10(2,5-11)9(6)12/h3-4,6-8H,1-2H3. The first-order valence-electron chi connectivity index (χ1n) is 4.39. The summed E-state index contributed by atoms with van der Waals surface area (Å²) in [7, 11) is 0. The number of nitrogens with zero attached hydrogens (tertiary/aromatic N) is 1. The van der Waals surface area contributed by atoms with Gasteiger partial charge in [0.15, 0.2) is 5.78 Å². The molecule has 1 fully saturated rings. The zero-order chi connectivity index (χ0) is 9.64. The van der Waals surface area contributed by atoms with Crippen LogP contribution in [0.1, 0.15) is 13.8 Å². The van der Waals surface area contributed by atoms with Crippen LogP contribution in [0.15, 0.2) is 12.2 Å². The molecule has 0 amide bonds. The van der Waals surface area contributed by atoms with Gasteiger partial charge >= 0.3 is 0 Å². The number of carbonyl (C=O) groups is 1. The normalized spacial score (nSPS) is 47.8. The van der Waals surface area contributed by atoms with Gasteiger partial charge in [0, 0.05) is 5.92 Å². The maximum atomic E-state index is 11.8. The minimum absolute atomic E-state index is 0.00116. The van der Waals surface area contributed by atoms with Gasteiger partial charge < -0.3 is 4.74 Å². The molecular formula is C10H11NO2.